The Morgan fingerprint density at radius 2 is 1.57 bits per heavy atom. The summed E-state index contributed by atoms with van der Waals surface area (Å²) in [4.78, 5) is 36.0. The van der Waals surface area contributed by atoms with Crippen LogP contribution in [0, 0.1) is 17.0 Å². The molecule has 2 aromatic carbocycles. The van der Waals surface area contributed by atoms with Gasteiger partial charge in [0.05, 0.1) is 10.5 Å². The van der Waals surface area contributed by atoms with Crippen molar-refractivity contribution in [3.05, 3.63) is 102 Å². The van der Waals surface area contributed by atoms with E-state index >= 15 is 0 Å². The van der Waals surface area contributed by atoms with Crippen LogP contribution in [-0.4, -0.2) is 14.1 Å². The van der Waals surface area contributed by atoms with Crippen molar-refractivity contribution >= 4 is 5.69 Å². The smallest absolute Gasteiger partial charge is 0.333 e. The van der Waals surface area contributed by atoms with Gasteiger partial charge in [-0.2, -0.15) is 0 Å². The van der Waals surface area contributed by atoms with Gasteiger partial charge in [-0.05, 0) is 24.5 Å². The van der Waals surface area contributed by atoms with E-state index in [0.717, 1.165) is 21.3 Å². The van der Waals surface area contributed by atoms with Crippen LogP contribution in [0.2, 0.25) is 0 Å². The number of rotatable bonds is 3. The number of non-ortho nitro benzene ring substituents is 1. The van der Waals surface area contributed by atoms with Crippen LogP contribution in [-0.2, 0) is 14.1 Å². The maximum Gasteiger partial charge on any atom is 0.333 e. The molecule has 3 aromatic rings. The molecule has 2 heterocycles. The molecule has 1 aromatic heterocycles. The van der Waals surface area contributed by atoms with Crippen molar-refractivity contribution in [1.82, 2.24) is 9.13 Å². The first-order valence-corrected chi connectivity index (χ1v) is 9.55. The molecule has 0 bridgehead atoms. The van der Waals surface area contributed by atoms with Crippen LogP contribution in [0.4, 0.5) is 5.69 Å². The minimum Gasteiger partial charge on any atom is -0.470 e. The fourth-order valence-electron chi connectivity index (χ4n) is 3.92. The Kier molecular flexibility index (Phi) is 4.77. The summed E-state index contributed by atoms with van der Waals surface area (Å²) in [6.45, 7) is 1.99. The quantitative estimate of drug-likeness (QED) is 0.491. The highest BCUT2D eigenvalue weighted by molar-refractivity contribution is 5.43. The first kappa shape index (κ1) is 19.6. The van der Waals surface area contributed by atoms with Crippen LogP contribution < -0.4 is 16.0 Å². The monoisotopic (exact) mass is 407 g/mol. The highest BCUT2D eigenvalue weighted by Gasteiger charge is 2.35. The Bertz CT molecular complexity index is 1240. The number of fused-ring (bicyclic) bond motifs is 1. The molecule has 0 saturated heterocycles. The topological polar surface area (TPSA) is 96.4 Å². The van der Waals surface area contributed by atoms with E-state index in [9.17, 15) is 19.7 Å². The largest absolute Gasteiger partial charge is 0.470 e. The van der Waals surface area contributed by atoms with Crippen LogP contribution >= 0.6 is 0 Å². The predicted octanol–water partition coefficient (Wildman–Crippen LogP) is 2.96. The van der Waals surface area contributed by atoms with E-state index in [1.165, 1.54) is 23.7 Å². The van der Waals surface area contributed by atoms with Gasteiger partial charge in [0.2, 0.25) is 5.88 Å². The fraction of sp³-hybridized carbons (Fsp3) is 0.273. The normalized spacial score (nSPS) is 17.8. The molecule has 1 aliphatic heterocycles. The van der Waals surface area contributed by atoms with Crippen molar-refractivity contribution < 1.29 is 9.66 Å². The third-order valence-electron chi connectivity index (χ3n) is 5.65. The first-order valence-electron chi connectivity index (χ1n) is 9.55. The average molecular weight is 407 g/mol. The van der Waals surface area contributed by atoms with Gasteiger partial charge in [-0.1, -0.05) is 42.0 Å². The minimum atomic E-state index is -0.467. The molecular formula is C22H21N3O5. The van der Waals surface area contributed by atoms with E-state index in [-0.39, 0.29) is 23.6 Å². The maximum atomic E-state index is 13.0. The van der Waals surface area contributed by atoms with Crippen molar-refractivity contribution in [3.8, 4) is 5.88 Å². The van der Waals surface area contributed by atoms with Crippen molar-refractivity contribution in [2.75, 3.05) is 0 Å². The maximum absolute atomic E-state index is 13.0. The molecule has 154 valence electrons. The van der Waals surface area contributed by atoms with E-state index < -0.39 is 16.2 Å². The van der Waals surface area contributed by atoms with Crippen molar-refractivity contribution in [1.29, 1.82) is 0 Å². The third kappa shape index (κ3) is 3.20. The lowest BCUT2D eigenvalue weighted by Gasteiger charge is -2.33. The van der Waals surface area contributed by atoms with E-state index in [1.807, 2.05) is 31.2 Å². The number of hydrogen-bond acceptors (Lipinski definition) is 5. The van der Waals surface area contributed by atoms with Crippen molar-refractivity contribution in [2.45, 2.75) is 25.4 Å². The van der Waals surface area contributed by atoms with Gasteiger partial charge in [-0.3, -0.25) is 24.0 Å². The molecule has 1 aliphatic rings. The Labute approximate surface area is 172 Å². The number of nitro benzene ring substituents is 1. The van der Waals surface area contributed by atoms with Gasteiger partial charge >= 0.3 is 5.69 Å². The predicted molar refractivity (Wildman–Crippen MR) is 111 cm³/mol. The molecule has 0 saturated carbocycles. The average Bonchev–Trinajstić information content (AvgIpc) is 2.76. The summed E-state index contributed by atoms with van der Waals surface area (Å²) in [6, 6.07) is 14.1. The summed E-state index contributed by atoms with van der Waals surface area (Å²) in [5.74, 6) is -0.130. The second-order valence-electron chi connectivity index (χ2n) is 7.58. The lowest BCUT2D eigenvalue weighted by atomic mass is 9.84. The standard InChI is InChI=1S/C22H21N3O5/c1-13-4-6-15(7-5-13)18-12-17(14-8-10-16(11-9-14)25(28)29)19-20(26)23(2)22(27)24(3)21(19)30-18/h4-11,17-18H,12H2,1-3H3/t17-,18-/m1/s1. The lowest BCUT2D eigenvalue weighted by Crippen LogP contribution is -2.42. The van der Waals surface area contributed by atoms with Crippen LogP contribution in [0.3, 0.4) is 0 Å². The summed E-state index contributed by atoms with van der Waals surface area (Å²) in [6.07, 6.45) is 0.109. The van der Waals surface area contributed by atoms with Crippen molar-refractivity contribution in [2.24, 2.45) is 14.1 Å². The van der Waals surface area contributed by atoms with Gasteiger partial charge < -0.3 is 4.74 Å². The van der Waals surface area contributed by atoms with E-state index in [1.54, 1.807) is 19.2 Å². The zero-order valence-corrected chi connectivity index (χ0v) is 16.9. The van der Waals surface area contributed by atoms with E-state index in [0.29, 0.717) is 12.0 Å². The van der Waals surface area contributed by atoms with Gasteiger partial charge in [0.15, 0.2) is 0 Å². The number of ether oxygens (including phenoxy) is 1. The van der Waals surface area contributed by atoms with Gasteiger partial charge in [0, 0.05) is 32.1 Å². The van der Waals surface area contributed by atoms with Crippen LogP contribution in [0.1, 0.15) is 40.7 Å². The summed E-state index contributed by atoms with van der Waals surface area (Å²) >= 11 is 0. The molecule has 0 N–H and O–H groups in total. The number of aryl methyl sites for hydroxylation is 1. The van der Waals surface area contributed by atoms with Gasteiger partial charge in [-0.25, -0.2) is 4.79 Å². The number of hydrogen-bond donors (Lipinski definition) is 0. The molecule has 8 nitrogen and oxygen atoms in total. The van der Waals surface area contributed by atoms with Crippen LogP contribution in [0.15, 0.2) is 58.1 Å². The third-order valence-corrected chi connectivity index (χ3v) is 5.65. The molecule has 8 heteroatoms. The minimum absolute atomic E-state index is 0.0190. The van der Waals surface area contributed by atoms with Gasteiger partial charge in [0.25, 0.3) is 11.2 Å². The summed E-state index contributed by atoms with van der Waals surface area (Å²) in [7, 11) is 3.01. The zero-order chi connectivity index (χ0) is 21.6. The van der Waals surface area contributed by atoms with Gasteiger partial charge in [-0.15, -0.1) is 0 Å². The molecule has 2 atom stereocenters. The molecule has 0 unspecified atom stereocenters. The second kappa shape index (κ2) is 7.29. The highest BCUT2D eigenvalue weighted by Crippen LogP contribution is 2.43. The molecule has 0 amide bonds. The molecule has 0 radical (unpaired) electrons. The van der Waals surface area contributed by atoms with Gasteiger partial charge in [0.1, 0.15) is 6.10 Å². The molecular weight excluding hydrogens is 386 g/mol. The first-order chi connectivity index (χ1) is 14.3. The summed E-state index contributed by atoms with van der Waals surface area (Å²) in [5.41, 5.74) is 2.29. The molecule has 30 heavy (non-hydrogen) atoms. The van der Waals surface area contributed by atoms with E-state index in [2.05, 4.69) is 0 Å². The lowest BCUT2D eigenvalue weighted by molar-refractivity contribution is -0.384. The van der Waals surface area contributed by atoms with Crippen LogP contribution in [0.25, 0.3) is 0 Å². The Morgan fingerprint density at radius 1 is 0.967 bits per heavy atom. The molecule has 0 aliphatic carbocycles. The highest BCUT2D eigenvalue weighted by atomic mass is 16.6. The SMILES string of the molecule is Cc1ccc([C@H]2C[C@H](c3ccc([N+](=O)[O-])cc3)c3c(n(C)c(=O)n(C)c3=O)O2)cc1. The Balaban J connectivity index is 1.89. The molecule has 4 rings (SSSR count). The number of aromatic nitrogens is 2. The Morgan fingerprint density at radius 3 is 2.17 bits per heavy atom. The molecule has 0 fully saturated rings. The summed E-state index contributed by atoms with van der Waals surface area (Å²) < 4.78 is 8.57. The zero-order valence-electron chi connectivity index (χ0n) is 16.9. The number of nitro groups is 1. The fourth-order valence-corrected chi connectivity index (χ4v) is 3.92. The summed E-state index contributed by atoms with van der Waals surface area (Å²) in [5, 5.41) is 11.0. The van der Waals surface area contributed by atoms with E-state index in [4.69, 9.17) is 4.74 Å². The second-order valence-corrected chi connectivity index (χ2v) is 7.58. The number of nitrogens with zero attached hydrogens (tertiary/aromatic N) is 3. The number of benzene rings is 2. The van der Waals surface area contributed by atoms with Crippen molar-refractivity contribution in [3.63, 3.8) is 0 Å². The Hall–Kier alpha value is -3.68. The van der Waals surface area contributed by atoms with Crippen LogP contribution in [0.5, 0.6) is 5.88 Å². The molecule has 0 spiro atoms.